The third-order valence-electron chi connectivity index (χ3n) is 3.04. The summed E-state index contributed by atoms with van der Waals surface area (Å²) in [6.07, 6.45) is 2.80. The van der Waals surface area contributed by atoms with Crippen LogP contribution in [-0.4, -0.2) is 10.5 Å². The molecule has 0 aliphatic carbocycles. The first-order valence-corrected chi connectivity index (χ1v) is 5.08. The maximum Gasteiger partial charge on any atom is 0.0154 e. The predicted octanol–water partition coefficient (Wildman–Crippen LogP) is 3.32. The van der Waals surface area contributed by atoms with Crippen LogP contribution in [0.4, 0.5) is 0 Å². The average Bonchev–Trinajstić information content (AvgIpc) is 1.77. The highest BCUT2D eigenvalue weighted by atomic mass is 32.2. The van der Waals surface area contributed by atoms with Gasteiger partial charge in [0.15, 0.2) is 0 Å². The van der Waals surface area contributed by atoms with Gasteiger partial charge < -0.3 is 0 Å². The molecule has 0 spiro atoms. The second-order valence-corrected chi connectivity index (χ2v) is 6.06. The molecular weight excluding hydrogens is 140 g/mol. The molecule has 0 aromatic carbocycles. The molecule has 0 saturated carbocycles. The number of hydrogen-bond donors (Lipinski definition) is 0. The molecule has 60 valence electrons. The van der Waals surface area contributed by atoms with Crippen LogP contribution >= 0.6 is 11.8 Å². The summed E-state index contributed by atoms with van der Waals surface area (Å²) >= 11 is 2.13. The molecule has 1 aliphatic rings. The maximum atomic E-state index is 2.39. The van der Waals surface area contributed by atoms with Gasteiger partial charge in [0.2, 0.25) is 0 Å². The molecule has 1 heterocycles. The van der Waals surface area contributed by atoms with E-state index >= 15 is 0 Å². The minimum Gasteiger partial charge on any atom is -0.155 e. The summed E-state index contributed by atoms with van der Waals surface area (Å²) in [5, 5.41) is 0. The van der Waals surface area contributed by atoms with E-state index in [0.29, 0.717) is 10.2 Å². The summed E-state index contributed by atoms with van der Waals surface area (Å²) in [6.45, 7) is 9.52. The van der Waals surface area contributed by atoms with Gasteiger partial charge in [-0.05, 0) is 24.0 Å². The SMILES string of the molecule is CC1(C)CCCSC1(C)C. The van der Waals surface area contributed by atoms with Crippen molar-refractivity contribution in [1.29, 1.82) is 0 Å². The molecule has 1 fully saturated rings. The molecule has 1 heteroatoms. The first kappa shape index (κ1) is 8.45. The van der Waals surface area contributed by atoms with Gasteiger partial charge in [-0.25, -0.2) is 0 Å². The lowest BCUT2D eigenvalue weighted by Crippen LogP contribution is -2.39. The highest BCUT2D eigenvalue weighted by Gasteiger charge is 2.39. The molecule has 0 unspecified atom stereocenters. The maximum absolute atomic E-state index is 2.39. The van der Waals surface area contributed by atoms with Gasteiger partial charge in [-0.1, -0.05) is 27.7 Å². The van der Waals surface area contributed by atoms with Crippen LogP contribution in [0.1, 0.15) is 40.5 Å². The lowest BCUT2D eigenvalue weighted by molar-refractivity contribution is 0.248. The predicted molar refractivity (Wildman–Crippen MR) is 49.6 cm³/mol. The number of thioether (sulfide) groups is 1. The Kier molecular flexibility index (Phi) is 2.06. The topological polar surface area (TPSA) is 0 Å². The molecular formula is C9H18S. The molecule has 10 heavy (non-hydrogen) atoms. The van der Waals surface area contributed by atoms with E-state index in [1.165, 1.54) is 18.6 Å². The van der Waals surface area contributed by atoms with E-state index in [-0.39, 0.29) is 0 Å². The molecule has 0 bridgehead atoms. The highest BCUT2D eigenvalue weighted by Crippen LogP contribution is 2.48. The molecule has 0 aromatic heterocycles. The molecule has 0 nitrogen and oxygen atoms in total. The van der Waals surface area contributed by atoms with Crippen molar-refractivity contribution in [3.63, 3.8) is 0 Å². The summed E-state index contributed by atoms with van der Waals surface area (Å²) in [7, 11) is 0. The zero-order chi connectivity index (χ0) is 7.83. The molecule has 1 aliphatic heterocycles. The van der Waals surface area contributed by atoms with Gasteiger partial charge >= 0.3 is 0 Å². The largest absolute Gasteiger partial charge is 0.155 e. The monoisotopic (exact) mass is 158 g/mol. The fraction of sp³-hybridized carbons (Fsp3) is 1.00. The highest BCUT2D eigenvalue weighted by molar-refractivity contribution is 8.00. The second kappa shape index (κ2) is 2.44. The van der Waals surface area contributed by atoms with Gasteiger partial charge in [0.1, 0.15) is 0 Å². The Bertz CT molecular complexity index is 109. The number of rotatable bonds is 0. The van der Waals surface area contributed by atoms with Gasteiger partial charge in [0.25, 0.3) is 0 Å². The summed E-state index contributed by atoms with van der Waals surface area (Å²) in [5.41, 5.74) is 0.538. The Morgan fingerprint density at radius 3 is 2.00 bits per heavy atom. The van der Waals surface area contributed by atoms with Crippen LogP contribution in [0.15, 0.2) is 0 Å². The van der Waals surface area contributed by atoms with E-state index in [4.69, 9.17) is 0 Å². The van der Waals surface area contributed by atoms with Crippen molar-refractivity contribution in [2.75, 3.05) is 5.75 Å². The minimum atomic E-state index is 0.491. The van der Waals surface area contributed by atoms with Crippen molar-refractivity contribution in [3.05, 3.63) is 0 Å². The van der Waals surface area contributed by atoms with E-state index in [1.54, 1.807) is 0 Å². The molecule has 0 aromatic rings. The molecule has 1 rings (SSSR count). The van der Waals surface area contributed by atoms with E-state index in [9.17, 15) is 0 Å². The molecule has 1 saturated heterocycles. The van der Waals surface area contributed by atoms with Crippen LogP contribution in [0.5, 0.6) is 0 Å². The Morgan fingerprint density at radius 2 is 1.70 bits per heavy atom. The van der Waals surface area contributed by atoms with Crippen molar-refractivity contribution in [3.8, 4) is 0 Å². The Labute approximate surface area is 68.8 Å². The van der Waals surface area contributed by atoms with Crippen LogP contribution in [0, 0.1) is 5.41 Å². The summed E-state index contributed by atoms with van der Waals surface area (Å²) in [4.78, 5) is 0. The lowest BCUT2D eigenvalue weighted by Gasteiger charge is -2.45. The van der Waals surface area contributed by atoms with E-state index in [0.717, 1.165) is 0 Å². The zero-order valence-corrected chi connectivity index (χ0v) is 8.35. The summed E-state index contributed by atoms with van der Waals surface area (Å²) < 4.78 is 0.491. The second-order valence-electron chi connectivity index (χ2n) is 4.35. The van der Waals surface area contributed by atoms with E-state index in [2.05, 4.69) is 39.5 Å². The summed E-state index contributed by atoms with van der Waals surface area (Å²) in [5.74, 6) is 1.36. The van der Waals surface area contributed by atoms with Gasteiger partial charge in [-0.3, -0.25) is 0 Å². The van der Waals surface area contributed by atoms with Gasteiger partial charge in [-0.2, -0.15) is 11.8 Å². The van der Waals surface area contributed by atoms with Crippen LogP contribution in [-0.2, 0) is 0 Å². The molecule has 0 radical (unpaired) electrons. The standard InChI is InChI=1S/C9H18S/c1-8(2)6-5-7-10-9(8,3)4/h5-7H2,1-4H3. The fourth-order valence-electron chi connectivity index (χ4n) is 1.34. The first-order valence-electron chi connectivity index (χ1n) is 4.10. The zero-order valence-electron chi connectivity index (χ0n) is 7.53. The van der Waals surface area contributed by atoms with Crippen molar-refractivity contribution < 1.29 is 0 Å². The van der Waals surface area contributed by atoms with E-state index in [1.807, 2.05) is 0 Å². The van der Waals surface area contributed by atoms with Crippen LogP contribution in [0.3, 0.4) is 0 Å². The third kappa shape index (κ3) is 1.34. The quantitative estimate of drug-likeness (QED) is 0.521. The average molecular weight is 158 g/mol. The minimum absolute atomic E-state index is 0.491. The molecule has 0 N–H and O–H groups in total. The van der Waals surface area contributed by atoms with E-state index < -0.39 is 0 Å². The Morgan fingerprint density at radius 1 is 1.10 bits per heavy atom. The van der Waals surface area contributed by atoms with Crippen molar-refractivity contribution >= 4 is 11.8 Å². The first-order chi connectivity index (χ1) is 4.46. The van der Waals surface area contributed by atoms with Crippen LogP contribution in [0.25, 0.3) is 0 Å². The van der Waals surface area contributed by atoms with Crippen LogP contribution in [0.2, 0.25) is 0 Å². The molecule has 0 amide bonds. The van der Waals surface area contributed by atoms with Crippen LogP contribution < -0.4 is 0 Å². The fourth-order valence-corrected chi connectivity index (χ4v) is 2.63. The van der Waals surface area contributed by atoms with Crippen molar-refractivity contribution in [2.24, 2.45) is 5.41 Å². The lowest BCUT2D eigenvalue weighted by atomic mass is 9.76. The van der Waals surface area contributed by atoms with Gasteiger partial charge in [0, 0.05) is 4.75 Å². The third-order valence-corrected chi connectivity index (χ3v) is 4.81. The van der Waals surface area contributed by atoms with Gasteiger partial charge in [0.05, 0.1) is 0 Å². The van der Waals surface area contributed by atoms with Crippen molar-refractivity contribution in [1.82, 2.24) is 0 Å². The summed E-state index contributed by atoms with van der Waals surface area (Å²) in [6, 6.07) is 0. The van der Waals surface area contributed by atoms with Gasteiger partial charge in [-0.15, -0.1) is 0 Å². The number of hydrogen-bond acceptors (Lipinski definition) is 1. The Balaban J connectivity index is 2.70. The smallest absolute Gasteiger partial charge is 0.0154 e. The Hall–Kier alpha value is 0.350. The normalized spacial score (nSPS) is 30.0. The van der Waals surface area contributed by atoms with Crippen molar-refractivity contribution in [2.45, 2.75) is 45.3 Å². The molecule has 0 atom stereocenters.